The SMILES string of the molecule is C[C@@]1(c2cc(CC(=O)c3ccc(F)cn3)ccc2F)CS(=O)(=O)[C@@](C)(c2cccc(C(F)(F)F)c2)C(N)=N1. The summed E-state index contributed by atoms with van der Waals surface area (Å²) in [6.45, 7) is 2.51. The fraction of sp³-hybridized carbons (Fsp3) is 0.269. The van der Waals surface area contributed by atoms with E-state index < -0.39 is 60.9 Å². The average Bonchev–Trinajstić information content (AvgIpc) is 2.83. The van der Waals surface area contributed by atoms with E-state index in [4.69, 9.17) is 5.73 Å². The molecule has 1 aliphatic heterocycles. The molecular formula is C26H22F5N3O3S. The highest BCUT2D eigenvalue weighted by atomic mass is 32.2. The van der Waals surface area contributed by atoms with Gasteiger partial charge in [0, 0.05) is 12.0 Å². The minimum absolute atomic E-state index is 0.0113. The molecule has 38 heavy (non-hydrogen) atoms. The van der Waals surface area contributed by atoms with Crippen molar-refractivity contribution in [2.45, 2.75) is 36.7 Å². The smallest absolute Gasteiger partial charge is 0.386 e. The number of halogens is 5. The van der Waals surface area contributed by atoms with Crippen LogP contribution in [0.2, 0.25) is 0 Å². The van der Waals surface area contributed by atoms with Crippen LogP contribution in [-0.4, -0.2) is 30.8 Å². The van der Waals surface area contributed by atoms with Crippen LogP contribution in [-0.2, 0) is 32.7 Å². The molecule has 2 aromatic carbocycles. The van der Waals surface area contributed by atoms with Gasteiger partial charge in [0.05, 0.1) is 17.5 Å². The summed E-state index contributed by atoms with van der Waals surface area (Å²) in [6.07, 6.45) is -4.07. The van der Waals surface area contributed by atoms with Crippen molar-refractivity contribution in [1.82, 2.24) is 4.98 Å². The van der Waals surface area contributed by atoms with Crippen LogP contribution in [0.5, 0.6) is 0 Å². The van der Waals surface area contributed by atoms with E-state index in [1.165, 1.54) is 31.2 Å². The molecule has 0 radical (unpaired) electrons. The number of hydrogen-bond acceptors (Lipinski definition) is 6. The lowest BCUT2D eigenvalue weighted by Gasteiger charge is -2.40. The molecule has 0 amide bonds. The van der Waals surface area contributed by atoms with Crippen LogP contribution in [0.3, 0.4) is 0 Å². The molecule has 0 saturated carbocycles. The Balaban J connectivity index is 1.75. The molecule has 4 rings (SSSR count). The maximum absolute atomic E-state index is 15.0. The van der Waals surface area contributed by atoms with E-state index in [-0.39, 0.29) is 23.2 Å². The fourth-order valence-electron chi connectivity index (χ4n) is 4.45. The van der Waals surface area contributed by atoms with E-state index >= 15 is 4.39 Å². The van der Waals surface area contributed by atoms with Crippen LogP contribution in [0.25, 0.3) is 0 Å². The van der Waals surface area contributed by atoms with E-state index in [1.54, 1.807) is 0 Å². The zero-order valence-electron chi connectivity index (χ0n) is 20.2. The largest absolute Gasteiger partial charge is 0.416 e. The first-order valence-electron chi connectivity index (χ1n) is 11.3. The summed E-state index contributed by atoms with van der Waals surface area (Å²) in [7, 11) is -4.35. The molecule has 0 bridgehead atoms. The quantitative estimate of drug-likeness (QED) is 0.365. The summed E-state index contributed by atoms with van der Waals surface area (Å²) in [5, 5.41) is 0. The van der Waals surface area contributed by atoms with Crippen LogP contribution in [0, 0.1) is 11.6 Å². The second kappa shape index (κ2) is 9.26. The van der Waals surface area contributed by atoms with E-state index in [1.807, 2.05) is 0 Å². The van der Waals surface area contributed by atoms with Gasteiger partial charge in [0.15, 0.2) is 20.4 Å². The molecule has 2 heterocycles. The number of ketones is 1. The molecule has 2 N–H and O–H groups in total. The number of Topliss-reactive ketones (excluding diaryl/α,β-unsaturated/α-hetero) is 1. The first kappa shape index (κ1) is 27.4. The molecule has 1 aromatic heterocycles. The zero-order chi connectivity index (χ0) is 28.1. The zero-order valence-corrected chi connectivity index (χ0v) is 21.0. The first-order valence-corrected chi connectivity index (χ1v) is 12.9. The fourth-order valence-corrected chi connectivity index (χ4v) is 6.55. The van der Waals surface area contributed by atoms with Gasteiger partial charge in [-0.1, -0.05) is 18.2 Å². The molecule has 0 fully saturated rings. The summed E-state index contributed by atoms with van der Waals surface area (Å²) in [5.41, 5.74) is 3.26. The number of carbonyl (C=O) groups excluding carboxylic acids is 1. The van der Waals surface area contributed by atoms with Crippen LogP contribution in [0.4, 0.5) is 22.0 Å². The predicted molar refractivity (Wildman–Crippen MR) is 130 cm³/mol. The number of sulfone groups is 1. The standard InChI is InChI=1S/C26H22F5N3O3S/c1-24(19-10-15(6-8-20(19)28)11-22(35)21-9-7-18(27)13-33-21)14-38(36,37)25(2,23(32)34-24)16-4-3-5-17(12-16)26(29,30)31/h3-10,12-13H,11,14H2,1-2H3,(H2,32,34)/t24-,25-/m0/s1. The normalized spacial score (nSPS) is 23.1. The summed E-state index contributed by atoms with van der Waals surface area (Å²) >= 11 is 0. The maximum atomic E-state index is 15.0. The third-order valence-electron chi connectivity index (χ3n) is 6.68. The number of benzene rings is 2. The number of nitrogens with zero attached hydrogens (tertiary/aromatic N) is 2. The van der Waals surface area contributed by atoms with Gasteiger partial charge in [-0.3, -0.25) is 14.8 Å². The van der Waals surface area contributed by atoms with Gasteiger partial charge in [0.25, 0.3) is 0 Å². The molecule has 3 aromatic rings. The minimum atomic E-state index is -4.71. The lowest BCUT2D eigenvalue weighted by Crippen LogP contribution is -2.54. The van der Waals surface area contributed by atoms with Crippen LogP contribution in [0.1, 0.15) is 46.6 Å². The Morgan fingerprint density at radius 1 is 1.05 bits per heavy atom. The number of pyridine rings is 1. The Kier molecular flexibility index (Phi) is 6.67. The van der Waals surface area contributed by atoms with E-state index in [0.29, 0.717) is 11.6 Å². The number of aliphatic imine (C=N–C) groups is 1. The monoisotopic (exact) mass is 551 g/mol. The Labute approximate surface area is 215 Å². The summed E-state index contributed by atoms with van der Waals surface area (Å²) in [4.78, 5) is 20.6. The van der Waals surface area contributed by atoms with Crippen molar-refractivity contribution >= 4 is 21.5 Å². The summed E-state index contributed by atoms with van der Waals surface area (Å²) in [6, 6.07) is 9.77. The number of nitrogens with two attached hydrogens (primary N) is 1. The number of carbonyl (C=O) groups is 1. The Morgan fingerprint density at radius 2 is 1.76 bits per heavy atom. The third kappa shape index (κ3) is 4.80. The van der Waals surface area contributed by atoms with Crippen molar-refractivity contribution in [3.63, 3.8) is 0 Å². The molecule has 0 saturated heterocycles. The second-order valence-corrected chi connectivity index (χ2v) is 11.8. The second-order valence-electron chi connectivity index (χ2n) is 9.42. The molecule has 0 aliphatic carbocycles. The average molecular weight is 552 g/mol. The van der Waals surface area contributed by atoms with Gasteiger partial charge in [0.2, 0.25) is 0 Å². The van der Waals surface area contributed by atoms with Crippen LogP contribution < -0.4 is 5.73 Å². The van der Waals surface area contributed by atoms with Gasteiger partial charge in [-0.25, -0.2) is 17.2 Å². The van der Waals surface area contributed by atoms with Crippen LogP contribution >= 0.6 is 0 Å². The number of amidine groups is 1. The van der Waals surface area contributed by atoms with Gasteiger partial charge >= 0.3 is 6.18 Å². The molecule has 0 spiro atoms. The van der Waals surface area contributed by atoms with E-state index in [9.17, 15) is 30.8 Å². The van der Waals surface area contributed by atoms with Crippen molar-refractivity contribution < 1.29 is 35.2 Å². The van der Waals surface area contributed by atoms with Gasteiger partial charge in [-0.15, -0.1) is 0 Å². The van der Waals surface area contributed by atoms with Crippen molar-refractivity contribution in [2.24, 2.45) is 10.7 Å². The molecule has 0 unspecified atom stereocenters. The molecule has 200 valence electrons. The highest BCUT2D eigenvalue weighted by Gasteiger charge is 2.53. The Bertz CT molecular complexity index is 1560. The minimum Gasteiger partial charge on any atom is -0.386 e. The molecule has 1 aliphatic rings. The van der Waals surface area contributed by atoms with Crippen LogP contribution in [0.15, 0.2) is 65.8 Å². The Hall–Kier alpha value is -3.67. The van der Waals surface area contributed by atoms with Gasteiger partial charge in [-0.05, 0) is 61.4 Å². The highest BCUT2D eigenvalue weighted by Crippen LogP contribution is 2.44. The predicted octanol–water partition coefficient (Wildman–Crippen LogP) is 4.72. The van der Waals surface area contributed by atoms with E-state index in [2.05, 4.69) is 9.98 Å². The molecule has 12 heteroatoms. The number of alkyl halides is 3. The summed E-state index contributed by atoms with van der Waals surface area (Å²) in [5.74, 6) is -3.17. The summed E-state index contributed by atoms with van der Waals surface area (Å²) < 4.78 is 93.1. The number of rotatable bonds is 5. The number of aromatic nitrogens is 1. The van der Waals surface area contributed by atoms with Gasteiger partial charge < -0.3 is 5.73 Å². The molecular weight excluding hydrogens is 529 g/mol. The van der Waals surface area contributed by atoms with Crippen molar-refractivity contribution in [2.75, 3.05) is 5.75 Å². The maximum Gasteiger partial charge on any atom is 0.416 e. The highest BCUT2D eigenvalue weighted by molar-refractivity contribution is 7.93. The topological polar surface area (TPSA) is 102 Å². The number of hydrogen-bond donors (Lipinski definition) is 1. The molecule has 2 atom stereocenters. The van der Waals surface area contributed by atoms with Crippen molar-refractivity contribution in [3.05, 3.63) is 100 Å². The Morgan fingerprint density at radius 3 is 2.37 bits per heavy atom. The third-order valence-corrected chi connectivity index (χ3v) is 9.31. The van der Waals surface area contributed by atoms with E-state index in [0.717, 1.165) is 37.4 Å². The molecule has 6 nitrogen and oxygen atoms in total. The van der Waals surface area contributed by atoms with Crippen molar-refractivity contribution in [1.29, 1.82) is 0 Å². The van der Waals surface area contributed by atoms with Gasteiger partial charge in [0.1, 0.15) is 28.7 Å². The lowest BCUT2D eigenvalue weighted by molar-refractivity contribution is -0.137. The first-order chi connectivity index (χ1) is 17.6. The lowest BCUT2D eigenvalue weighted by atomic mass is 9.89. The van der Waals surface area contributed by atoms with Crippen molar-refractivity contribution in [3.8, 4) is 0 Å². The van der Waals surface area contributed by atoms with Gasteiger partial charge in [-0.2, -0.15) is 13.2 Å².